The Kier molecular flexibility index (Phi) is 8.40. The van der Waals surface area contributed by atoms with Crippen LogP contribution in [0, 0.1) is 0 Å². The number of nitrogens with zero attached hydrogens (tertiary/aromatic N) is 4. The fourth-order valence-corrected chi connectivity index (χ4v) is 6.39. The third kappa shape index (κ3) is 5.63. The summed E-state index contributed by atoms with van der Waals surface area (Å²) in [6.07, 6.45) is 0.701. The van der Waals surface area contributed by atoms with E-state index in [0.717, 1.165) is 26.1 Å². The van der Waals surface area contributed by atoms with Crippen LogP contribution in [0.3, 0.4) is 0 Å². The molecular formula is C33H29N5O7S. The molecule has 3 aromatic heterocycles. The van der Waals surface area contributed by atoms with Gasteiger partial charge in [-0.1, -0.05) is 65.8 Å². The number of hydrogen-bond acceptors (Lipinski definition) is 10. The number of ether oxygens (including phenoxy) is 2. The van der Waals surface area contributed by atoms with E-state index in [0.29, 0.717) is 45.1 Å². The molecule has 46 heavy (non-hydrogen) atoms. The van der Waals surface area contributed by atoms with Crippen molar-refractivity contribution < 1.29 is 19.2 Å². The van der Waals surface area contributed by atoms with Crippen LogP contribution in [0.2, 0.25) is 0 Å². The zero-order chi connectivity index (χ0) is 32.4. The van der Waals surface area contributed by atoms with Crippen molar-refractivity contribution in [3.05, 3.63) is 120 Å². The summed E-state index contributed by atoms with van der Waals surface area (Å²) in [5, 5.41) is 17.6. The number of nitrogens with one attached hydrogen (secondary N) is 1. The standard InChI is InChI=1S/C33H29N5O7S/c1-4-22-16-25-30(39)37(18-26(35-42)21-13-14-27(43-2)28(15-21)44-3)33(41)38(31(25)46-22)17-19-9-11-20(12-10-19)23-7-5-6-8-24(23)29-34-32(40)45-36-29/h5-16,42H,4,17-18H2,1-3H3,(H,34,36,40)/b35-26-. The predicted octanol–water partition coefficient (Wildman–Crippen LogP) is 4.74. The lowest BCUT2D eigenvalue weighted by Gasteiger charge is -2.14. The molecule has 234 valence electrons. The number of H-pyrrole nitrogens is 1. The Labute approximate surface area is 265 Å². The molecule has 13 heteroatoms. The van der Waals surface area contributed by atoms with Gasteiger partial charge < -0.3 is 14.7 Å². The quantitative estimate of drug-likeness (QED) is 0.124. The van der Waals surface area contributed by atoms with Crippen LogP contribution in [-0.4, -0.2) is 44.4 Å². The molecule has 0 aliphatic carbocycles. The second-order valence-corrected chi connectivity index (χ2v) is 11.5. The number of aryl methyl sites for hydroxylation is 1. The number of oxime groups is 1. The summed E-state index contributed by atoms with van der Waals surface area (Å²) in [5.41, 5.74) is 2.80. The summed E-state index contributed by atoms with van der Waals surface area (Å²) in [6, 6.07) is 21.9. The molecule has 12 nitrogen and oxygen atoms in total. The minimum absolute atomic E-state index is 0.105. The van der Waals surface area contributed by atoms with Crippen LogP contribution >= 0.6 is 11.3 Å². The fraction of sp³-hybridized carbons (Fsp3) is 0.182. The van der Waals surface area contributed by atoms with Gasteiger partial charge in [0.2, 0.25) is 0 Å². The molecular weight excluding hydrogens is 610 g/mol. The zero-order valence-electron chi connectivity index (χ0n) is 25.1. The average Bonchev–Trinajstić information content (AvgIpc) is 3.73. The Morgan fingerprint density at radius 1 is 0.957 bits per heavy atom. The number of hydrogen-bond donors (Lipinski definition) is 2. The minimum atomic E-state index is -0.640. The van der Waals surface area contributed by atoms with Crippen molar-refractivity contribution in [1.82, 2.24) is 19.3 Å². The summed E-state index contributed by atoms with van der Waals surface area (Å²) in [4.78, 5) is 43.4. The van der Waals surface area contributed by atoms with Crippen LogP contribution in [0.4, 0.5) is 0 Å². The van der Waals surface area contributed by atoms with Crippen molar-refractivity contribution in [1.29, 1.82) is 0 Å². The minimum Gasteiger partial charge on any atom is -0.493 e. The molecule has 0 fully saturated rings. The number of benzene rings is 3. The molecule has 0 amide bonds. The summed E-state index contributed by atoms with van der Waals surface area (Å²) in [6.45, 7) is 1.92. The molecule has 0 atom stereocenters. The van der Waals surface area contributed by atoms with Gasteiger partial charge in [-0.15, -0.1) is 11.3 Å². The molecule has 3 aromatic carbocycles. The molecule has 0 aliphatic rings. The van der Waals surface area contributed by atoms with Crippen molar-refractivity contribution in [2.24, 2.45) is 5.16 Å². The molecule has 0 radical (unpaired) electrons. The maximum atomic E-state index is 14.0. The number of methoxy groups -OCH3 is 2. The molecule has 0 saturated heterocycles. The Bertz CT molecular complexity index is 2260. The largest absolute Gasteiger partial charge is 0.493 e. The van der Waals surface area contributed by atoms with E-state index in [1.807, 2.05) is 61.5 Å². The van der Waals surface area contributed by atoms with Gasteiger partial charge in [0.25, 0.3) is 5.56 Å². The summed E-state index contributed by atoms with van der Waals surface area (Å²) in [7, 11) is 3.00. The van der Waals surface area contributed by atoms with Gasteiger partial charge in [0.05, 0.1) is 32.7 Å². The third-order valence-corrected chi connectivity index (χ3v) is 8.97. The van der Waals surface area contributed by atoms with Gasteiger partial charge in [0.15, 0.2) is 17.3 Å². The van der Waals surface area contributed by atoms with Gasteiger partial charge in [0, 0.05) is 16.0 Å². The monoisotopic (exact) mass is 639 g/mol. The predicted molar refractivity (Wildman–Crippen MR) is 175 cm³/mol. The van der Waals surface area contributed by atoms with E-state index < -0.39 is 17.0 Å². The second-order valence-electron chi connectivity index (χ2n) is 10.3. The lowest BCUT2D eigenvalue weighted by molar-refractivity contribution is 0.317. The first-order chi connectivity index (χ1) is 22.3. The van der Waals surface area contributed by atoms with Gasteiger partial charge in [0.1, 0.15) is 10.5 Å². The number of rotatable bonds is 10. The molecule has 0 aliphatic heterocycles. The van der Waals surface area contributed by atoms with E-state index >= 15 is 0 Å². The molecule has 0 saturated carbocycles. The van der Waals surface area contributed by atoms with Crippen molar-refractivity contribution in [3.8, 4) is 34.0 Å². The topological polar surface area (TPSA) is 154 Å². The Balaban J connectivity index is 1.39. The lowest BCUT2D eigenvalue weighted by Crippen LogP contribution is -2.41. The van der Waals surface area contributed by atoms with E-state index in [2.05, 4.69) is 15.3 Å². The third-order valence-electron chi connectivity index (χ3n) is 7.67. The van der Waals surface area contributed by atoms with Crippen molar-refractivity contribution >= 4 is 27.3 Å². The van der Waals surface area contributed by atoms with Gasteiger partial charge in [-0.05, 0) is 47.4 Å². The van der Waals surface area contributed by atoms with Crippen LogP contribution in [0.15, 0.2) is 96.9 Å². The molecule has 3 heterocycles. The highest BCUT2D eigenvalue weighted by atomic mass is 32.1. The maximum absolute atomic E-state index is 14.0. The summed E-state index contributed by atoms with van der Waals surface area (Å²) in [5.74, 6) is 0.577. The van der Waals surface area contributed by atoms with Crippen LogP contribution in [0.5, 0.6) is 11.5 Å². The van der Waals surface area contributed by atoms with Crippen molar-refractivity contribution in [3.63, 3.8) is 0 Å². The van der Waals surface area contributed by atoms with E-state index in [1.165, 1.54) is 25.6 Å². The number of thiophene rings is 1. The molecule has 6 rings (SSSR count). The first-order valence-corrected chi connectivity index (χ1v) is 15.1. The highest BCUT2D eigenvalue weighted by Gasteiger charge is 2.20. The number of fused-ring (bicyclic) bond motifs is 1. The summed E-state index contributed by atoms with van der Waals surface area (Å²) >= 11 is 1.41. The first kappa shape index (κ1) is 30.3. The molecule has 0 spiro atoms. The van der Waals surface area contributed by atoms with E-state index in [9.17, 15) is 19.6 Å². The van der Waals surface area contributed by atoms with Crippen LogP contribution in [-0.2, 0) is 19.5 Å². The normalized spacial score (nSPS) is 11.7. The van der Waals surface area contributed by atoms with Gasteiger partial charge in [-0.2, -0.15) is 0 Å². The van der Waals surface area contributed by atoms with Crippen LogP contribution in [0.25, 0.3) is 32.7 Å². The number of aromatic nitrogens is 4. The maximum Gasteiger partial charge on any atom is 0.439 e. The molecule has 6 aromatic rings. The van der Waals surface area contributed by atoms with E-state index in [1.54, 1.807) is 22.8 Å². The highest BCUT2D eigenvalue weighted by molar-refractivity contribution is 7.18. The molecule has 2 N–H and O–H groups in total. The van der Waals surface area contributed by atoms with Gasteiger partial charge >= 0.3 is 11.4 Å². The Morgan fingerprint density at radius 3 is 2.35 bits per heavy atom. The van der Waals surface area contributed by atoms with E-state index in [-0.39, 0.29) is 18.8 Å². The Morgan fingerprint density at radius 2 is 1.70 bits per heavy atom. The van der Waals surface area contributed by atoms with Crippen molar-refractivity contribution in [2.75, 3.05) is 14.2 Å². The lowest BCUT2D eigenvalue weighted by atomic mass is 9.98. The zero-order valence-corrected chi connectivity index (χ0v) is 26.0. The average molecular weight is 640 g/mol. The molecule has 0 bridgehead atoms. The van der Waals surface area contributed by atoms with Crippen LogP contribution in [0.1, 0.15) is 22.9 Å². The van der Waals surface area contributed by atoms with Gasteiger partial charge in [-0.25, -0.2) is 9.59 Å². The summed E-state index contributed by atoms with van der Waals surface area (Å²) < 4.78 is 18.0. The second kappa shape index (κ2) is 12.7. The fourth-order valence-electron chi connectivity index (χ4n) is 5.31. The SMILES string of the molecule is CCc1cc2c(=O)n(C/C(=N/O)c3ccc(OC)c(OC)c3)c(=O)n(Cc3ccc(-c4ccccc4-c4noc(=O)[nH]4)cc3)c2s1. The van der Waals surface area contributed by atoms with Crippen molar-refractivity contribution in [2.45, 2.75) is 26.4 Å². The van der Waals surface area contributed by atoms with Gasteiger partial charge in [-0.3, -0.25) is 23.4 Å². The van der Waals surface area contributed by atoms with Crippen LogP contribution < -0.4 is 26.5 Å². The highest BCUT2D eigenvalue weighted by Crippen LogP contribution is 2.31. The van der Waals surface area contributed by atoms with E-state index in [4.69, 9.17) is 14.0 Å². The Hall–Kier alpha value is -5.69. The first-order valence-electron chi connectivity index (χ1n) is 14.3. The number of aromatic amines is 1. The molecule has 0 unspecified atom stereocenters. The smallest absolute Gasteiger partial charge is 0.439 e.